The minimum Gasteiger partial charge on any atom is -0.378 e. The lowest BCUT2D eigenvalue weighted by molar-refractivity contribution is -0.121. The van der Waals surface area contributed by atoms with Crippen molar-refractivity contribution in [3.63, 3.8) is 0 Å². The van der Waals surface area contributed by atoms with Gasteiger partial charge in [0.05, 0.1) is 19.1 Å². The molecule has 1 amide bonds. The number of carbonyl (C=O) groups is 1. The molecule has 0 atom stereocenters. The summed E-state index contributed by atoms with van der Waals surface area (Å²) in [5.41, 5.74) is 2.06. The van der Waals surface area contributed by atoms with Crippen LogP contribution in [0, 0.1) is 5.92 Å². The van der Waals surface area contributed by atoms with E-state index in [9.17, 15) is 4.79 Å². The fourth-order valence-corrected chi connectivity index (χ4v) is 2.30. The molecule has 0 unspecified atom stereocenters. The zero-order valence-electron chi connectivity index (χ0n) is 10.9. The molecule has 2 fully saturated rings. The van der Waals surface area contributed by atoms with Crippen molar-refractivity contribution < 1.29 is 9.53 Å². The molecule has 0 spiro atoms. The molecule has 102 valence electrons. The highest BCUT2D eigenvalue weighted by Gasteiger charge is 2.24. The number of hydrogen-bond acceptors (Lipinski definition) is 4. The van der Waals surface area contributed by atoms with Crippen LogP contribution in [-0.4, -0.2) is 45.3 Å². The average molecular weight is 261 g/mol. The van der Waals surface area contributed by atoms with Crippen LogP contribution in [0.3, 0.4) is 0 Å². The predicted octanol–water partition coefficient (Wildman–Crippen LogP) is 0.681. The van der Waals surface area contributed by atoms with Gasteiger partial charge in [0.2, 0.25) is 5.91 Å². The highest BCUT2D eigenvalue weighted by molar-refractivity contribution is 5.93. The van der Waals surface area contributed by atoms with Crippen molar-refractivity contribution >= 4 is 17.3 Å². The third-order valence-corrected chi connectivity index (χ3v) is 3.66. The normalized spacial score (nSPS) is 19.9. The van der Waals surface area contributed by atoms with Gasteiger partial charge < -0.3 is 20.3 Å². The summed E-state index contributed by atoms with van der Waals surface area (Å²) in [6, 6.07) is 8.05. The van der Waals surface area contributed by atoms with E-state index in [-0.39, 0.29) is 11.8 Å². The number of rotatable bonds is 3. The molecule has 0 bridgehead atoms. The zero-order chi connectivity index (χ0) is 13.1. The van der Waals surface area contributed by atoms with Gasteiger partial charge in [-0.15, -0.1) is 0 Å². The summed E-state index contributed by atoms with van der Waals surface area (Å²) in [6.45, 7) is 5.01. The molecule has 1 aromatic rings. The van der Waals surface area contributed by atoms with Gasteiger partial charge in [-0.05, 0) is 24.3 Å². The van der Waals surface area contributed by atoms with E-state index in [1.165, 1.54) is 5.69 Å². The predicted molar refractivity (Wildman–Crippen MR) is 74.5 cm³/mol. The van der Waals surface area contributed by atoms with Crippen LogP contribution < -0.4 is 15.5 Å². The van der Waals surface area contributed by atoms with Gasteiger partial charge in [0.15, 0.2) is 0 Å². The third-order valence-electron chi connectivity index (χ3n) is 3.66. The fraction of sp³-hybridized carbons (Fsp3) is 0.500. The van der Waals surface area contributed by atoms with Crippen LogP contribution in [0.4, 0.5) is 11.4 Å². The molecule has 19 heavy (non-hydrogen) atoms. The summed E-state index contributed by atoms with van der Waals surface area (Å²) in [7, 11) is 0. The van der Waals surface area contributed by atoms with Crippen LogP contribution in [0.15, 0.2) is 24.3 Å². The molecule has 5 nitrogen and oxygen atoms in total. The summed E-state index contributed by atoms with van der Waals surface area (Å²) in [5.74, 6) is 0.233. The first-order valence-electron chi connectivity index (χ1n) is 6.77. The second-order valence-electron chi connectivity index (χ2n) is 4.99. The summed E-state index contributed by atoms with van der Waals surface area (Å²) in [6.07, 6.45) is 0. The Morgan fingerprint density at radius 2 is 1.89 bits per heavy atom. The summed E-state index contributed by atoms with van der Waals surface area (Å²) >= 11 is 0. The van der Waals surface area contributed by atoms with Gasteiger partial charge in [0.25, 0.3) is 0 Å². The van der Waals surface area contributed by atoms with Crippen molar-refractivity contribution in [1.29, 1.82) is 0 Å². The first-order chi connectivity index (χ1) is 9.33. The van der Waals surface area contributed by atoms with Crippen molar-refractivity contribution in [3.8, 4) is 0 Å². The van der Waals surface area contributed by atoms with Crippen LogP contribution in [0.25, 0.3) is 0 Å². The van der Waals surface area contributed by atoms with E-state index < -0.39 is 0 Å². The number of anilines is 2. The van der Waals surface area contributed by atoms with Gasteiger partial charge >= 0.3 is 0 Å². The molecule has 2 heterocycles. The van der Waals surface area contributed by atoms with Gasteiger partial charge in [-0.2, -0.15) is 0 Å². The monoisotopic (exact) mass is 261 g/mol. The highest BCUT2D eigenvalue weighted by atomic mass is 16.5. The maximum atomic E-state index is 11.8. The van der Waals surface area contributed by atoms with Crippen molar-refractivity contribution in [3.05, 3.63) is 24.3 Å². The Hall–Kier alpha value is -1.59. The smallest absolute Gasteiger partial charge is 0.230 e. The molecule has 5 heteroatoms. The molecule has 1 aromatic carbocycles. The lowest BCUT2D eigenvalue weighted by atomic mass is 10.0. The van der Waals surface area contributed by atoms with Crippen molar-refractivity contribution in [1.82, 2.24) is 5.32 Å². The first kappa shape index (κ1) is 12.4. The van der Waals surface area contributed by atoms with Gasteiger partial charge in [0.1, 0.15) is 0 Å². The molecule has 2 aliphatic rings. The van der Waals surface area contributed by atoms with Crippen molar-refractivity contribution in [2.45, 2.75) is 0 Å². The van der Waals surface area contributed by atoms with E-state index in [1.54, 1.807) is 0 Å². The Morgan fingerprint density at radius 1 is 1.21 bits per heavy atom. The minimum absolute atomic E-state index is 0.109. The van der Waals surface area contributed by atoms with Crippen LogP contribution >= 0.6 is 0 Å². The van der Waals surface area contributed by atoms with E-state index in [0.29, 0.717) is 0 Å². The molecule has 2 N–H and O–H groups in total. The summed E-state index contributed by atoms with van der Waals surface area (Å²) in [4.78, 5) is 14.1. The number of benzene rings is 1. The maximum Gasteiger partial charge on any atom is 0.230 e. The third kappa shape index (κ3) is 2.88. The van der Waals surface area contributed by atoms with Crippen molar-refractivity contribution in [2.24, 2.45) is 5.92 Å². The minimum atomic E-state index is 0.109. The Kier molecular flexibility index (Phi) is 3.66. The van der Waals surface area contributed by atoms with E-state index in [0.717, 1.165) is 45.1 Å². The first-order valence-corrected chi connectivity index (χ1v) is 6.77. The molecule has 0 aliphatic carbocycles. The number of amides is 1. The quantitative estimate of drug-likeness (QED) is 0.840. The number of hydrogen-bond donors (Lipinski definition) is 2. The van der Waals surface area contributed by atoms with E-state index in [4.69, 9.17) is 4.74 Å². The Bertz CT molecular complexity index is 437. The molecule has 0 aromatic heterocycles. The van der Waals surface area contributed by atoms with Gasteiger partial charge in [-0.25, -0.2) is 0 Å². The topological polar surface area (TPSA) is 53.6 Å². The number of morpholine rings is 1. The lowest BCUT2D eigenvalue weighted by Crippen LogP contribution is -2.48. The van der Waals surface area contributed by atoms with Crippen LogP contribution in [0.2, 0.25) is 0 Å². The molecular formula is C14H19N3O2. The lowest BCUT2D eigenvalue weighted by Gasteiger charge is -2.29. The Morgan fingerprint density at radius 3 is 2.47 bits per heavy atom. The summed E-state index contributed by atoms with van der Waals surface area (Å²) in [5, 5.41) is 6.05. The zero-order valence-corrected chi connectivity index (χ0v) is 10.9. The molecule has 2 saturated heterocycles. The molecule has 3 rings (SSSR count). The molecule has 0 saturated carbocycles. The number of nitrogens with zero attached hydrogens (tertiary/aromatic N) is 1. The highest BCUT2D eigenvalue weighted by Crippen LogP contribution is 2.19. The van der Waals surface area contributed by atoms with Crippen LogP contribution in [-0.2, 0) is 9.53 Å². The van der Waals surface area contributed by atoms with E-state index in [1.807, 2.05) is 12.1 Å². The Balaban J connectivity index is 1.59. The summed E-state index contributed by atoms with van der Waals surface area (Å²) < 4.78 is 5.34. The fourth-order valence-electron chi connectivity index (χ4n) is 2.30. The van der Waals surface area contributed by atoms with Crippen molar-refractivity contribution in [2.75, 3.05) is 49.6 Å². The van der Waals surface area contributed by atoms with E-state index >= 15 is 0 Å². The van der Waals surface area contributed by atoms with Gasteiger partial charge in [0, 0.05) is 37.6 Å². The van der Waals surface area contributed by atoms with Gasteiger partial charge in [-0.3, -0.25) is 4.79 Å². The van der Waals surface area contributed by atoms with Crippen LogP contribution in [0.1, 0.15) is 0 Å². The van der Waals surface area contributed by atoms with Gasteiger partial charge in [-0.1, -0.05) is 0 Å². The molecule has 0 radical (unpaired) electrons. The largest absolute Gasteiger partial charge is 0.378 e. The van der Waals surface area contributed by atoms with E-state index in [2.05, 4.69) is 27.7 Å². The van der Waals surface area contributed by atoms with Crippen LogP contribution in [0.5, 0.6) is 0 Å². The Labute approximate surface area is 112 Å². The standard InChI is InChI=1S/C14H19N3O2/c18-14(11-9-15-10-11)16-12-1-3-13(4-2-12)17-5-7-19-8-6-17/h1-4,11,15H,5-10H2,(H,16,18). The number of carbonyl (C=O) groups excluding carboxylic acids is 1. The molecular weight excluding hydrogens is 242 g/mol. The second kappa shape index (κ2) is 5.59. The number of ether oxygens (including phenoxy) is 1. The average Bonchev–Trinajstić information content (AvgIpc) is 2.38. The molecule has 2 aliphatic heterocycles. The number of nitrogens with one attached hydrogen (secondary N) is 2. The maximum absolute atomic E-state index is 11.8. The SMILES string of the molecule is O=C(Nc1ccc(N2CCOCC2)cc1)C1CNC1. The second-order valence-corrected chi connectivity index (χ2v) is 4.99.